The summed E-state index contributed by atoms with van der Waals surface area (Å²) in [7, 11) is 1.64. The molecule has 1 unspecified atom stereocenters. The number of hydrogen-bond acceptors (Lipinski definition) is 3. The van der Waals surface area contributed by atoms with E-state index in [2.05, 4.69) is 0 Å². The van der Waals surface area contributed by atoms with Crippen molar-refractivity contribution < 1.29 is 14.6 Å². The third kappa shape index (κ3) is 1.66. The van der Waals surface area contributed by atoms with Crippen LogP contribution < -0.4 is 4.74 Å². The summed E-state index contributed by atoms with van der Waals surface area (Å²) in [5.74, 6) is 0.838. The minimum Gasteiger partial charge on any atom is -0.497 e. The van der Waals surface area contributed by atoms with Crippen molar-refractivity contribution >= 4 is 0 Å². The zero-order chi connectivity index (χ0) is 9.26. The first-order valence-electron chi connectivity index (χ1n) is 4.25. The Morgan fingerprint density at radius 2 is 2.08 bits per heavy atom. The molecule has 3 nitrogen and oxygen atoms in total. The molecule has 1 aliphatic heterocycles. The van der Waals surface area contributed by atoms with Crippen molar-refractivity contribution in [2.75, 3.05) is 13.7 Å². The second-order valence-corrected chi connectivity index (χ2v) is 3.05. The van der Waals surface area contributed by atoms with Crippen LogP contribution in [0.25, 0.3) is 0 Å². The van der Waals surface area contributed by atoms with Gasteiger partial charge in [-0.15, -0.1) is 0 Å². The quantitative estimate of drug-likeness (QED) is 0.709. The van der Waals surface area contributed by atoms with E-state index < -0.39 is 0 Å². The molecule has 0 radical (unpaired) electrons. The normalized spacial score (nSPS) is 25.7. The Hall–Kier alpha value is -1.06. The summed E-state index contributed by atoms with van der Waals surface area (Å²) in [5, 5.41) is 8.79. The summed E-state index contributed by atoms with van der Waals surface area (Å²) in [5.41, 5.74) is 1.10. The van der Waals surface area contributed by atoms with Gasteiger partial charge >= 0.3 is 0 Å². The summed E-state index contributed by atoms with van der Waals surface area (Å²) in [6, 6.07) is 7.70. The topological polar surface area (TPSA) is 42.0 Å². The summed E-state index contributed by atoms with van der Waals surface area (Å²) < 4.78 is 10.3. The van der Waals surface area contributed by atoms with Crippen molar-refractivity contribution in [1.29, 1.82) is 0 Å². The van der Waals surface area contributed by atoms with Gasteiger partial charge in [-0.1, -0.05) is 12.1 Å². The Bertz CT molecular complexity index is 281. The summed E-state index contributed by atoms with van der Waals surface area (Å²) >= 11 is 0. The second kappa shape index (κ2) is 3.36. The van der Waals surface area contributed by atoms with E-state index in [0.29, 0.717) is 0 Å². The number of hydrogen-bond donors (Lipinski definition) is 1. The van der Waals surface area contributed by atoms with Crippen LogP contribution in [0.4, 0.5) is 0 Å². The molecule has 1 N–H and O–H groups in total. The maximum atomic E-state index is 8.79. The Morgan fingerprint density at radius 1 is 1.38 bits per heavy atom. The lowest BCUT2D eigenvalue weighted by atomic mass is 10.1. The van der Waals surface area contributed by atoms with Gasteiger partial charge in [0.05, 0.1) is 13.7 Å². The molecular weight excluding hydrogens is 168 g/mol. The second-order valence-electron chi connectivity index (χ2n) is 3.05. The van der Waals surface area contributed by atoms with Gasteiger partial charge in [0, 0.05) is 0 Å². The monoisotopic (exact) mass is 180 g/mol. The first-order chi connectivity index (χ1) is 6.35. The number of epoxide rings is 1. The van der Waals surface area contributed by atoms with E-state index in [-0.39, 0.29) is 18.8 Å². The predicted octanol–water partition coefficient (Wildman–Crippen LogP) is 1.13. The molecule has 13 heavy (non-hydrogen) atoms. The number of aliphatic hydroxyl groups excluding tert-OH is 1. The molecule has 1 aromatic rings. The van der Waals surface area contributed by atoms with Crippen LogP contribution >= 0.6 is 0 Å². The molecule has 0 amide bonds. The lowest BCUT2D eigenvalue weighted by Gasteiger charge is -1.99. The minimum atomic E-state index is -0.00612. The largest absolute Gasteiger partial charge is 0.497 e. The van der Waals surface area contributed by atoms with Crippen molar-refractivity contribution in [2.24, 2.45) is 0 Å². The molecule has 0 aromatic heterocycles. The van der Waals surface area contributed by atoms with Gasteiger partial charge in [-0.25, -0.2) is 0 Å². The number of rotatable bonds is 3. The fraction of sp³-hybridized carbons (Fsp3) is 0.400. The molecule has 1 fully saturated rings. The molecule has 0 spiro atoms. The highest BCUT2D eigenvalue weighted by Gasteiger charge is 2.39. The van der Waals surface area contributed by atoms with E-state index in [0.717, 1.165) is 11.3 Å². The molecule has 2 rings (SSSR count). The van der Waals surface area contributed by atoms with Gasteiger partial charge in [0.2, 0.25) is 0 Å². The fourth-order valence-electron chi connectivity index (χ4n) is 1.37. The zero-order valence-electron chi connectivity index (χ0n) is 7.43. The first-order valence-corrected chi connectivity index (χ1v) is 4.25. The van der Waals surface area contributed by atoms with Gasteiger partial charge in [-0.3, -0.25) is 0 Å². The van der Waals surface area contributed by atoms with Gasteiger partial charge in [0.15, 0.2) is 0 Å². The highest BCUT2D eigenvalue weighted by molar-refractivity contribution is 5.30. The Kier molecular flexibility index (Phi) is 2.20. The SMILES string of the molecule is COc1ccc(C2O[C@@H]2CO)cc1. The standard InChI is InChI=1S/C10H12O3/c1-12-8-4-2-7(3-5-8)10-9(6-11)13-10/h2-5,9-11H,6H2,1H3/t9-,10?/m1/s1. The third-order valence-electron chi connectivity index (χ3n) is 2.21. The van der Waals surface area contributed by atoms with Gasteiger partial charge < -0.3 is 14.6 Å². The molecule has 1 heterocycles. The van der Waals surface area contributed by atoms with Gasteiger partial charge in [0.1, 0.15) is 18.0 Å². The summed E-state index contributed by atoms with van der Waals surface area (Å²) in [6.45, 7) is 0.0939. The van der Waals surface area contributed by atoms with Crippen molar-refractivity contribution in [3.63, 3.8) is 0 Å². The highest BCUT2D eigenvalue weighted by Crippen LogP contribution is 2.38. The van der Waals surface area contributed by atoms with Crippen LogP contribution in [-0.4, -0.2) is 24.9 Å². The lowest BCUT2D eigenvalue weighted by Crippen LogP contribution is -1.94. The molecule has 1 saturated heterocycles. The van der Waals surface area contributed by atoms with E-state index in [9.17, 15) is 0 Å². The average Bonchev–Trinajstić information content (AvgIpc) is 2.97. The Morgan fingerprint density at radius 3 is 2.54 bits per heavy atom. The average molecular weight is 180 g/mol. The van der Waals surface area contributed by atoms with Crippen LogP contribution in [0, 0.1) is 0 Å². The highest BCUT2D eigenvalue weighted by atomic mass is 16.6. The van der Waals surface area contributed by atoms with Crippen molar-refractivity contribution in [3.8, 4) is 5.75 Å². The molecular formula is C10H12O3. The summed E-state index contributed by atoms with van der Waals surface area (Å²) in [4.78, 5) is 0. The number of ether oxygens (including phenoxy) is 2. The van der Waals surface area contributed by atoms with Crippen LogP contribution in [0.5, 0.6) is 5.75 Å². The minimum absolute atomic E-state index is 0.00612. The van der Waals surface area contributed by atoms with Crippen LogP contribution in [0.2, 0.25) is 0 Å². The van der Waals surface area contributed by atoms with Crippen molar-refractivity contribution in [1.82, 2.24) is 0 Å². The molecule has 70 valence electrons. The molecule has 2 atom stereocenters. The lowest BCUT2D eigenvalue weighted by molar-refractivity contribution is 0.242. The molecule has 1 aliphatic rings. The van der Waals surface area contributed by atoms with E-state index >= 15 is 0 Å². The Balaban J connectivity index is 2.07. The summed E-state index contributed by atoms with van der Waals surface area (Å²) in [6.07, 6.45) is 0.0734. The number of benzene rings is 1. The smallest absolute Gasteiger partial charge is 0.118 e. The maximum Gasteiger partial charge on any atom is 0.118 e. The fourth-order valence-corrected chi connectivity index (χ4v) is 1.37. The first kappa shape index (κ1) is 8.53. The van der Waals surface area contributed by atoms with Gasteiger partial charge in [-0.05, 0) is 17.7 Å². The third-order valence-corrected chi connectivity index (χ3v) is 2.21. The van der Waals surface area contributed by atoms with Gasteiger partial charge in [-0.2, -0.15) is 0 Å². The van der Waals surface area contributed by atoms with Crippen LogP contribution in [-0.2, 0) is 4.74 Å². The number of methoxy groups -OCH3 is 1. The number of aliphatic hydroxyl groups is 1. The van der Waals surface area contributed by atoms with Crippen LogP contribution in [0.1, 0.15) is 11.7 Å². The molecule has 3 heteroatoms. The molecule has 1 aromatic carbocycles. The van der Waals surface area contributed by atoms with E-state index in [1.807, 2.05) is 24.3 Å². The molecule has 0 aliphatic carbocycles. The Labute approximate surface area is 76.9 Å². The van der Waals surface area contributed by atoms with Crippen LogP contribution in [0.3, 0.4) is 0 Å². The molecule has 0 bridgehead atoms. The molecule has 0 saturated carbocycles. The van der Waals surface area contributed by atoms with Gasteiger partial charge in [0.25, 0.3) is 0 Å². The maximum absolute atomic E-state index is 8.79. The zero-order valence-corrected chi connectivity index (χ0v) is 7.43. The van der Waals surface area contributed by atoms with E-state index in [4.69, 9.17) is 14.6 Å². The van der Waals surface area contributed by atoms with E-state index in [1.165, 1.54) is 0 Å². The predicted molar refractivity (Wildman–Crippen MR) is 47.7 cm³/mol. The van der Waals surface area contributed by atoms with Crippen LogP contribution in [0.15, 0.2) is 24.3 Å². The van der Waals surface area contributed by atoms with Crippen molar-refractivity contribution in [2.45, 2.75) is 12.2 Å². The van der Waals surface area contributed by atoms with Crippen molar-refractivity contribution in [3.05, 3.63) is 29.8 Å². The van der Waals surface area contributed by atoms with E-state index in [1.54, 1.807) is 7.11 Å².